The van der Waals surface area contributed by atoms with Gasteiger partial charge in [0.1, 0.15) is 29.1 Å². The van der Waals surface area contributed by atoms with Crippen molar-refractivity contribution in [2.75, 3.05) is 49.2 Å². The van der Waals surface area contributed by atoms with Gasteiger partial charge in [-0.1, -0.05) is 25.8 Å². The number of rotatable bonds is 5. The van der Waals surface area contributed by atoms with Gasteiger partial charge < -0.3 is 25.8 Å². The Bertz CT molecular complexity index is 1420. The van der Waals surface area contributed by atoms with Gasteiger partial charge in [0, 0.05) is 37.1 Å². The highest BCUT2D eigenvalue weighted by molar-refractivity contribution is 6.14. The van der Waals surface area contributed by atoms with Crippen molar-refractivity contribution < 1.29 is 23.4 Å². The zero-order chi connectivity index (χ0) is 29.8. The third-order valence-corrected chi connectivity index (χ3v) is 8.43. The number of carbonyl (C=O) groups excluding carboxylic acids is 1. The molecule has 3 aliphatic rings. The molecule has 2 unspecified atom stereocenters. The molecule has 1 aromatic heterocycles. The summed E-state index contributed by atoms with van der Waals surface area (Å²) in [6.07, 6.45) is 7.40. The lowest BCUT2D eigenvalue weighted by molar-refractivity contribution is 0.102. The van der Waals surface area contributed by atoms with Crippen LogP contribution in [0.15, 0.2) is 24.3 Å². The molecule has 226 valence electrons. The van der Waals surface area contributed by atoms with Crippen LogP contribution in [0.1, 0.15) is 67.8 Å². The number of nitrogens with two attached hydrogens (primary N) is 1. The summed E-state index contributed by atoms with van der Waals surface area (Å²) < 4.78 is 32.3. The highest BCUT2D eigenvalue weighted by atomic mass is 19.1. The first-order chi connectivity index (χ1) is 20.3. The monoisotopic (exact) mass is 582 g/mol. The number of nitrogens with zero attached hydrogens (tertiary/aromatic N) is 4. The molecule has 6 rings (SSSR count). The van der Waals surface area contributed by atoms with Gasteiger partial charge in [-0.25, -0.2) is 8.78 Å². The molecule has 42 heavy (non-hydrogen) atoms. The van der Waals surface area contributed by atoms with Gasteiger partial charge in [0.05, 0.1) is 12.8 Å². The number of nitrogen functional groups attached to an aromatic ring is 1. The molecule has 3 aliphatic heterocycles. The van der Waals surface area contributed by atoms with Crippen molar-refractivity contribution in [1.82, 2.24) is 14.9 Å². The number of phenols is 1. The van der Waals surface area contributed by atoms with Gasteiger partial charge in [0.2, 0.25) is 0 Å². The molecule has 4 N–H and O–H groups in total. The molecule has 0 radical (unpaired) electrons. The van der Waals surface area contributed by atoms with E-state index in [0.29, 0.717) is 46.8 Å². The number of amides is 1. The van der Waals surface area contributed by atoms with Crippen LogP contribution in [0, 0.1) is 5.82 Å². The SMILES string of the molecule is CCc1c(F)ccc2cc(O)cc(NC(=O)c3c(N)nc(OC)nc3N3CCCCCC3)c12.FC1CC2CCCN2C1. The molecular formula is C31H40F2N6O3. The fourth-order valence-corrected chi connectivity index (χ4v) is 6.42. The number of aromatic nitrogens is 2. The minimum absolute atomic E-state index is 0.00930. The van der Waals surface area contributed by atoms with E-state index in [2.05, 4.69) is 20.2 Å². The smallest absolute Gasteiger partial charge is 0.320 e. The second-order valence-corrected chi connectivity index (χ2v) is 11.2. The number of methoxy groups -OCH3 is 1. The lowest BCUT2D eigenvalue weighted by Crippen LogP contribution is -2.29. The van der Waals surface area contributed by atoms with Crippen molar-refractivity contribution in [2.24, 2.45) is 0 Å². The molecular weight excluding hydrogens is 542 g/mol. The van der Waals surface area contributed by atoms with Gasteiger partial charge in [-0.2, -0.15) is 9.97 Å². The average Bonchev–Trinajstić information content (AvgIpc) is 3.42. The zero-order valence-corrected chi connectivity index (χ0v) is 24.3. The number of halogens is 2. The van der Waals surface area contributed by atoms with Crippen LogP contribution < -0.4 is 20.7 Å². The fourth-order valence-electron chi connectivity index (χ4n) is 6.42. The van der Waals surface area contributed by atoms with Gasteiger partial charge in [-0.3, -0.25) is 9.69 Å². The third-order valence-electron chi connectivity index (χ3n) is 8.43. The van der Waals surface area contributed by atoms with E-state index >= 15 is 0 Å². The number of hydrogen-bond donors (Lipinski definition) is 3. The quantitative estimate of drug-likeness (QED) is 0.364. The summed E-state index contributed by atoms with van der Waals surface area (Å²) in [5.41, 5.74) is 7.07. The number of nitrogens with one attached hydrogen (secondary N) is 1. The molecule has 4 heterocycles. The van der Waals surface area contributed by atoms with E-state index in [1.54, 1.807) is 6.07 Å². The molecule has 3 saturated heterocycles. The van der Waals surface area contributed by atoms with E-state index in [0.717, 1.165) is 51.7 Å². The maximum Gasteiger partial charge on any atom is 0.320 e. The largest absolute Gasteiger partial charge is 0.508 e. The second-order valence-electron chi connectivity index (χ2n) is 11.2. The van der Waals surface area contributed by atoms with Crippen LogP contribution in [0.5, 0.6) is 11.8 Å². The van der Waals surface area contributed by atoms with Gasteiger partial charge in [-0.05, 0) is 68.2 Å². The van der Waals surface area contributed by atoms with Crippen molar-refractivity contribution in [3.05, 3.63) is 41.2 Å². The number of aromatic hydroxyl groups is 1. The van der Waals surface area contributed by atoms with E-state index in [9.17, 15) is 18.7 Å². The summed E-state index contributed by atoms with van der Waals surface area (Å²) in [6, 6.07) is 6.58. The summed E-state index contributed by atoms with van der Waals surface area (Å²) in [5.74, 6) is -0.551. The maximum absolute atomic E-state index is 14.5. The maximum atomic E-state index is 14.5. The summed E-state index contributed by atoms with van der Waals surface area (Å²) in [4.78, 5) is 26.4. The van der Waals surface area contributed by atoms with Crippen LogP contribution in [0.25, 0.3) is 10.8 Å². The van der Waals surface area contributed by atoms with Gasteiger partial charge in [-0.15, -0.1) is 0 Å². The first-order valence-electron chi connectivity index (χ1n) is 14.9. The number of fused-ring (bicyclic) bond motifs is 2. The Morgan fingerprint density at radius 2 is 1.90 bits per heavy atom. The molecule has 11 heteroatoms. The Morgan fingerprint density at radius 1 is 1.14 bits per heavy atom. The molecule has 3 fully saturated rings. The Labute approximate surface area is 245 Å². The summed E-state index contributed by atoms with van der Waals surface area (Å²) in [6.45, 7) is 5.17. The Morgan fingerprint density at radius 3 is 2.60 bits per heavy atom. The van der Waals surface area contributed by atoms with Crippen LogP contribution in [-0.2, 0) is 6.42 Å². The third kappa shape index (κ3) is 6.35. The molecule has 0 aliphatic carbocycles. The van der Waals surface area contributed by atoms with Gasteiger partial charge in [0.25, 0.3) is 5.91 Å². The van der Waals surface area contributed by atoms with Crippen LogP contribution in [0.4, 0.5) is 26.1 Å². The number of anilines is 3. The first kappa shape index (κ1) is 29.8. The number of ether oxygens (including phenoxy) is 1. The lowest BCUT2D eigenvalue weighted by Gasteiger charge is -2.24. The number of carbonyl (C=O) groups is 1. The van der Waals surface area contributed by atoms with Gasteiger partial charge >= 0.3 is 6.01 Å². The van der Waals surface area contributed by atoms with E-state index in [-0.39, 0.29) is 29.0 Å². The standard InChI is InChI=1S/C24H28FN5O3.C7H12FN/c1-3-16-17(25)9-8-14-12-15(31)13-18(19(14)16)27-23(32)20-21(26)28-24(33-2)29-22(20)30-10-6-4-5-7-11-30;8-6-4-7-2-1-3-9(7)5-6/h8-9,12-13,31H,3-7,10-11H2,1-2H3,(H,27,32)(H2,26,28,29);6-7H,1-5H2. The predicted octanol–water partition coefficient (Wildman–Crippen LogP) is 5.45. The molecule has 0 spiro atoms. The summed E-state index contributed by atoms with van der Waals surface area (Å²) in [7, 11) is 1.44. The Balaban J connectivity index is 0.000000330. The predicted molar refractivity (Wildman–Crippen MR) is 161 cm³/mol. The van der Waals surface area contributed by atoms with Crippen molar-refractivity contribution in [2.45, 2.75) is 70.5 Å². The molecule has 2 aromatic carbocycles. The van der Waals surface area contributed by atoms with Crippen LogP contribution >= 0.6 is 0 Å². The summed E-state index contributed by atoms with van der Waals surface area (Å²) >= 11 is 0. The number of aryl methyl sites for hydroxylation is 1. The topological polar surface area (TPSA) is 117 Å². The first-order valence-corrected chi connectivity index (χ1v) is 14.9. The Kier molecular flexibility index (Phi) is 9.25. The molecule has 3 aromatic rings. The van der Waals surface area contributed by atoms with Gasteiger partial charge in [0.15, 0.2) is 5.82 Å². The molecule has 0 saturated carbocycles. The average molecular weight is 583 g/mol. The fraction of sp³-hybridized carbons (Fsp3) is 0.516. The molecule has 0 bridgehead atoms. The minimum atomic E-state index is -0.535. The van der Waals surface area contributed by atoms with E-state index < -0.39 is 12.1 Å². The molecule has 1 amide bonds. The second kappa shape index (κ2) is 13.1. The minimum Gasteiger partial charge on any atom is -0.508 e. The zero-order valence-electron chi connectivity index (χ0n) is 24.3. The lowest BCUT2D eigenvalue weighted by atomic mass is 9.99. The van der Waals surface area contributed by atoms with E-state index in [1.807, 2.05) is 11.8 Å². The van der Waals surface area contributed by atoms with Crippen LogP contribution in [-0.4, -0.2) is 71.4 Å². The Hall–Kier alpha value is -3.73. The molecule has 2 atom stereocenters. The van der Waals surface area contributed by atoms with E-state index in [1.165, 1.54) is 38.2 Å². The van der Waals surface area contributed by atoms with Crippen molar-refractivity contribution in [1.29, 1.82) is 0 Å². The number of alkyl halides is 1. The number of phenolic OH excluding ortho intramolecular Hbond substituents is 1. The highest BCUT2D eigenvalue weighted by Gasteiger charge is 2.34. The number of hydrogen-bond acceptors (Lipinski definition) is 8. The summed E-state index contributed by atoms with van der Waals surface area (Å²) in [5, 5.41) is 14.2. The normalized spacial score (nSPS) is 20.5. The van der Waals surface area contributed by atoms with Crippen LogP contribution in [0.2, 0.25) is 0 Å². The van der Waals surface area contributed by atoms with Crippen molar-refractivity contribution in [3.63, 3.8) is 0 Å². The highest BCUT2D eigenvalue weighted by Crippen LogP contribution is 2.35. The van der Waals surface area contributed by atoms with E-state index in [4.69, 9.17) is 10.5 Å². The molecule has 9 nitrogen and oxygen atoms in total. The number of benzene rings is 2. The van der Waals surface area contributed by atoms with Crippen LogP contribution in [0.3, 0.4) is 0 Å². The van der Waals surface area contributed by atoms with Crippen molar-refractivity contribution in [3.8, 4) is 11.8 Å². The van der Waals surface area contributed by atoms with Crippen molar-refractivity contribution >= 4 is 34.0 Å².